The predicted molar refractivity (Wildman–Crippen MR) is 156 cm³/mol. The first-order chi connectivity index (χ1) is 20.6. The van der Waals surface area contributed by atoms with Crippen LogP contribution in [-0.2, 0) is 46.3 Å². The molecular formula is C31H40N4O8. The largest absolute Gasteiger partial charge is 0.480 e. The summed E-state index contributed by atoms with van der Waals surface area (Å²) in [5.74, 6) is -4.36. The molecule has 3 rings (SSSR count). The van der Waals surface area contributed by atoms with Gasteiger partial charge >= 0.3 is 11.9 Å². The molecule has 1 aliphatic rings. The summed E-state index contributed by atoms with van der Waals surface area (Å²) in [6.07, 6.45) is -0.353. The number of carboxylic acids is 1. The number of aryl methyl sites for hydroxylation is 1. The van der Waals surface area contributed by atoms with Gasteiger partial charge in [-0.25, -0.2) is 9.80 Å². The number of hydrogen-bond donors (Lipinski definition) is 4. The molecule has 43 heavy (non-hydrogen) atoms. The second kappa shape index (κ2) is 16.4. The Morgan fingerprint density at radius 3 is 2.07 bits per heavy atom. The van der Waals surface area contributed by atoms with E-state index in [1.807, 2.05) is 74.5 Å². The highest BCUT2D eigenvalue weighted by Crippen LogP contribution is 2.25. The van der Waals surface area contributed by atoms with E-state index in [9.17, 15) is 29.1 Å². The van der Waals surface area contributed by atoms with E-state index >= 15 is 0 Å². The topological polar surface area (TPSA) is 167 Å². The summed E-state index contributed by atoms with van der Waals surface area (Å²) in [6, 6.07) is 17.7. The Morgan fingerprint density at radius 2 is 1.49 bits per heavy atom. The van der Waals surface area contributed by atoms with Crippen molar-refractivity contribution in [3.8, 4) is 0 Å². The van der Waals surface area contributed by atoms with Gasteiger partial charge in [0.1, 0.15) is 12.6 Å². The Balaban J connectivity index is 1.47. The second-order valence-electron chi connectivity index (χ2n) is 10.7. The van der Waals surface area contributed by atoms with Gasteiger partial charge in [-0.3, -0.25) is 24.6 Å². The van der Waals surface area contributed by atoms with Crippen molar-refractivity contribution in [3.05, 3.63) is 71.8 Å². The molecule has 1 fully saturated rings. The Hall–Kier alpha value is -4.29. The van der Waals surface area contributed by atoms with E-state index in [4.69, 9.17) is 9.47 Å². The van der Waals surface area contributed by atoms with E-state index in [0.29, 0.717) is 18.0 Å². The summed E-state index contributed by atoms with van der Waals surface area (Å²) < 4.78 is 10.3. The van der Waals surface area contributed by atoms with E-state index in [1.165, 1.54) is 12.5 Å². The third-order valence-electron chi connectivity index (χ3n) is 6.80. The number of carboxylic acid groups (broad SMARTS) is 1. The number of benzene rings is 2. The SMILES string of the molecule is CC(NC(=O)C(NCCCc1ccccc1)C(C)C)C(=O)NN(CC(=O)O)C(=O)[C@H]1O[C@@H]1C(=O)OCCc1ccccc1. The molecule has 3 amide bonds. The number of carbonyl (C=O) groups is 5. The molecule has 1 heterocycles. The lowest BCUT2D eigenvalue weighted by Gasteiger charge is -2.26. The molecule has 0 spiro atoms. The second-order valence-corrected chi connectivity index (χ2v) is 10.7. The molecule has 0 aromatic heterocycles. The van der Waals surface area contributed by atoms with Crippen LogP contribution < -0.4 is 16.1 Å². The highest BCUT2D eigenvalue weighted by Gasteiger charge is 2.53. The maximum atomic E-state index is 13.0. The first kappa shape index (κ1) is 33.2. The third kappa shape index (κ3) is 10.8. The standard InChI is InChI=1S/C31H40N4O8/c1-20(2)25(32-17-10-15-22-11-6-4-7-12-22)29(39)33-21(3)28(38)34-35(19-24(36)37)30(40)26-27(43-26)31(41)42-18-16-23-13-8-5-9-14-23/h4-9,11-14,20-21,25-27,32H,10,15-19H2,1-3H3,(H,33,39)(H,34,38)(H,36,37)/t21?,25?,26-,27-/m0/s1. The van der Waals surface area contributed by atoms with E-state index in [-0.39, 0.29) is 12.5 Å². The molecule has 2 aromatic rings. The van der Waals surface area contributed by atoms with E-state index in [2.05, 4.69) is 16.1 Å². The number of carbonyl (C=O) groups excluding carboxylic acids is 4. The van der Waals surface area contributed by atoms with Crippen molar-refractivity contribution in [3.63, 3.8) is 0 Å². The predicted octanol–water partition coefficient (Wildman–Crippen LogP) is 1.24. The lowest BCUT2D eigenvalue weighted by Crippen LogP contribution is -2.58. The molecule has 12 nitrogen and oxygen atoms in total. The highest BCUT2D eigenvalue weighted by atomic mass is 16.6. The molecule has 1 saturated heterocycles. The van der Waals surface area contributed by atoms with Gasteiger partial charge < -0.3 is 25.2 Å². The van der Waals surface area contributed by atoms with Crippen molar-refractivity contribution in [2.24, 2.45) is 5.92 Å². The minimum Gasteiger partial charge on any atom is -0.480 e. The van der Waals surface area contributed by atoms with Crippen LogP contribution in [0.25, 0.3) is 0 Å². The quantitative estimate of drug-likeness (QED) is 0.0965. The van der Waals surface area contributed by atoms with Crippen molar-refractivity contribution >= 4 is 29.7 Å². The Morgan fingerprint density at radius 1 is 0.884 bits per heavy atom. The number of amides is 3. The van der Waals surface area contributed by atoms with Gasteiger partial charge in [-0.15, -0.1) is 0 Å². The Labute approximate surface area is 251 Å². The smallest absolute Gasteiger partial charge is 0.338 e. The lowest BCUT2D eigenvalue weighted by atomic mass is 10.0. The molecule has 0 aliphatic carbocycles. The van der Waals surface area contributed by atoms with E-state index < -0.39 is 60.5 Å². The van der Waals surface area contributed by atoms with Crippen LogP contribution in [0, 0.1) is 5.92 Å². The molecular weight excluding hydrogens is 556 g/mol. The monoisotopic (exact) mass is 596 g/mol. The van der Waals surface area contributed by atoms with Crippen molar-refractivity contribution in [2.75, 3.05) is 19.7 Å². The van der Waals surface area contributed by atoms with Gasteiger partial charge in [0.05, 0.1) is 12.6 Å². The fourth-order valence-corrected chi connectivity index (χ4v) is 4.36. The van der Waals surface area contributed by atoms with Crippen LogP contribution >= 0.6 is 0 Å². The van der Waals surface area contributed by atoms with Crippen molar-refractivity contribution in [1.29, 1.82) is 0 Å². The minimum absolute atomic E-state index is 0.0755. The molecule has 2 aromatic carbocycles. The van der Waals surface area contributed by atoms with E-state index in [0.717, 1.165) is 18.4 Å². The zero-order valence-electron chi connectivity index (χ0n) is 24.7. The zero-order valence-corrected chi connectivity index (χ0v) is 24.7. The van der Waals surface area contributed by atoms with Crippen molar-refractivity contribution in [1.82, 2.24) is 21.1 Å². The summed E-state index contributed by atoms with van der Waals surface area (Å²) in [5.41, 5.74) is 4.40. The number of nitrogens with zero attached hydrogens (tertiary/aromatic N) is 1. The first-order valence-corrected chi connectivity index (χ1v) is 14.3. The minimum atomic E-state index is -1.40. The maximum Gasteiger partial charge on any atom is 0.338 e. The van der Waals surface area contributed by atoms with Crippen LogP contribution in [0.3, 0.4) is 0 Å². The van der Waals surface area contributed by atoms with Crippen LogP contribution in [0.2, 0.25) is 0 Å². The molecule has 0 saturated carbocycles. The van der Waals surface area contributed by atoms with Gasteiger partial charge in [0.15, 0.2) is 12.2 Å². The summed E-state index contributed by atoms with van der Waals surface area (Å²) in [4.78, 5) is 62.4. The van der Waals surface area contributed by atoms with Gasteiger partial charge in [-0.05, 0) is 43.4 Å². The highest BCUT2D eigenvalue weighted by molar-refractivity contribution is 5.96. The zero-order chi connectivity index (χ0) is 31.4. The van der Waals surface area contributed by atoms with Crippen LogP contribution in [0.15, 0.2) is 60.7 Å². The Kier molecular flexibility index (Phi) is 12.6. The molecule has 4 N–H and O–H groups in total. The van der Waals surface area contributed by atoms with Gasteiger partial charge in [0, 0.05) is 6.42 Å². The molecule has 12 heteroatoms. The number of nitrogens with one attached hydrogen (secondary N) is 3. The summed E-state index contributed by atoms with van der Waals surface area (Å²) >= 11 is 0. The van der Waals surface area contributed by atoms with Crippen LogP contribution in [0.1, 0.15) is 38.3 Å². The fourth-order valence-electron chi connectivity index (χ4n) is 4.36. The van der Waals surface area contributed by atoms with Gasteiger partial charge in [0.2, 0.25) is 5.91 Å². The number of epoxide rings is 1. The normalized spacial score (nSPS) is 16.9. The number of aliphatic carboxylic acids is 1. The van der Waals surface area contributed by atoms with Gasteiger partial charge in [0.25, 0.3) is 11.8 Å². The molecule has 0 bridgehead atoms. The third-order valence-corrected chi connectivity index (χ3v) is 6.80. The van der Waals surface area contributed by atoms with Crippen molar-refractivity contribution < 1.29 is 38.6 Å². The van der Waals surface area contributed by atoms with Crippen molar-refractivity contribution in [2.45, 2.75) is 64.3 Å². The van der Waals surface area contributed by atoms with Crippen LogP contribution in [-0.4, -0.2) is 83.8 Å². The van der Waals surface area contributed by atoms with Crippen LogP contribution in [0.5, 0.6) is 0 Å². The number of esters is 1. The Bertz CT molecular complexity index is 1240. The molecule has 0 radical (unpaired) electrons. The molecule has 1 aliphatic heterocycles. The maximum absolute atomic E-state index is 13.0. The molecule has 232 valence electrons. The number of hydrazine groups is 1. The summed E-state index contributed by atoms with van der Waals surface area (Å²) in [7, 11) is 0. The van der Waals surface area contributed by atoms with E-state index in [1.54, 1.807) is 0 Å². The molecule has 4 atom stereocenters. The molecule has 2 unspecified atom stereocenters. The number of ether oxygens (including phenoxy) is 2. The van der Waals surface area contributed by atoms with Crippen LogP contribution in [0.4, 0.5) is 0 Å². The number of hydrogen-bond acceptors (Lipinski definition) is 8. The first-order valence-electron chi connectivity index (χ1n) is 14.3. The average molecular weight is 597 g/mol. The summed E-state index contributed by atoms with van der Waals surface area (Å²) in [6.45, 7) is 4.97. The van der Waals surface area contributed by atoms with Gasteiger partial charge in [-0.2, -0.15) is 0 Å². The number of rotatable bonds is 16. The summed E-state index contributed by atoms with van der Waals surface area (Å²) in [5, 5.41) is 15.7. The fraction of sp³-hybridized carbons (Fsp3) is 0.452. The average Bonchev–Trinajstić information content (AvgIpc) is 3.78. The van der Waals surface area contributed by atoms with Gasteiger partial charge in [-0.1, -0.05) is 74.5 Å². The lowest BCUT2D eigenvalue weighted by molar-refractivity contribution is -0.151.